The Morgan fingerprint density at radius 2 is 1.67 bits per heavy atom. The lowest BCUT2D eigenvalue weighted by atomic mass is 10.2. The van der Waals surface area contributed by atoms with Crippen LogP contribution in [-0.4, -0.2) is 94.0 Å². The van der Waals surface area contributed by atoms with Crippen molar-refractivity contribution >= 4 is 36.0 Å². The molecule has 0 unspecified atom stereocenters. The van der Waals surface area contributed by atoms with Gasteiger partial charge in [-0.3, -0.25) is 9.89 Å². The highest BCUT2D eigenvalue weighted by Gasteiger charge is 2.25. The molecule has 0 aromatic carbocycles. The van der Waals surface area contributed by atoms with E-state index in [0.29, 0.717) is 0 Å². The molecule has 1 fully saturated rings. The second kappa shape index (κ2) is 14.2. The third kappa shape index (κ3) is 12.3. The van der Waals surface area contributed by atoms with Crippen molar-refractivity contribution in [1.29, 1.82) is 0 Å². The van der Waals surface area contributed by atoms with Gasteiger partial charge in [-0.15, -0.1) is 24.0 Å². The molecule has 0 aliphatic carbocycles. The molecule has 1 heterocycles. The van der Waals surface area contributed by atoms with Crippen LogP contribution in [0.25, 0.3) is 0 Å². The Hall–Kier alpha value is -0.810. The summed E-state index contributed by atoms with van der Waals surface area (Å²) < 4.78 is 10.5. The van der Waals surface area contributed by atoms with Crippen LogP contribution in [0.15, 0.2) is 4.99 Å². The van der Waals surface area contributed by atoms with Crippen molar-refractivity contribution in [3.05, 3.63) is 0 Å². The van der Waals surface area contributed by atoms with E-state index in [4.69, 9.17) is 9.47 Å². The first kappa shape index (κ1) is 26.2. The van der Waals surface area contributed by atoms with Gasteiger partial charge in [0.1, 0.15) is 5.60 Å². The number of halogens is 1. The number of aliphatic imine (C=N–C) groups is 1. The smallest absolute Gasteiger partial charge is 0.410 e. The molecule has 1 aliphatic rings. The summed E-state index contributed by atoms with van der Waals surface area (Å²) in [5, 5.41) is 6.59. The molecular formula is C18H38IN5O3. The number of nitrogens with zero attached hydrogens (tertiary/aromatic N) is 3. The maximum Gasteiger partial charge on any atom is 0.410 e. The zero-order valence-corrected chi connectivity index (χ0v) is 19.9. The van der Waals surface area contributed by atoms with Crippen LogP contribution in [0.3, 0.4) is 0 Å². The summed E-state index contributed by atoms with van der Waals surface area (Å²) in [6.07, 6.45) is 1.78. The average molecular weight is 499 g/mol. The summed E-state index contributed by atoms with van der Waals surface area (Å²) >= 11 is 0. The van der Waals surface area contributed by atoms with Gasteiger partial charge in [-0.05, 0) is 40.2 Å². The van der Waals surface area contributed by atoms with Crippen LogP contribution < -0.4 is 10.6 Å². The van der Waals surface area contributed by atoms with Gasteiger partial charge in [-0.25, -0.2) is 4.79 Å². The van der Waals surface area contributed by atoms with Crippen molar-refractivity contribution in [2.45, 2.75) is 39.2 Å². The number of amides is 1. The van der Waals surface area contributed by atoms with E-state index in [1.54, 1.807) is 19.1 Å². The Bertz CT molecular complexity index is 435. The van der Waals surface area contributed by atoms with E-state index in [1.807, 2.05) is 20.8 Å². The molecule has 2 N–H and O–H groups in total. The predicted molar refractivity (Wildman–Crippen MR) is 120 cm³/mol. The van der Waals surface area contributed by atoms with Gasteiger partial charge in [0.25, 0.3) is 0 Å². The Balaban J connectivity index is 0.00000676. The lowest BCUT2D eigenvalue weighted by molar-refractivity contribution is 0.0145. The molecule has 0 atom stereocenters. The second-order valence-corrected chi connectivity index (χ2v) is 7.43. The first-order valence-corrected chi connectivity index (χ1v) is 9.49. The molecule has 1 aliphatic heterocycles. The summed E-state index contributed by atoms with van der Waals surface area (Å²) in [5.41, 5.74) is -0.434. The Morgan fingerprint density at radius 3 is 2.19 bits per heavy atom. The predicted octanol–water partition coefficient (Wildman–Crippen LogP) is 1.75. The van der Waals surface area contributed by atoms with E-state index in [1.165, 1.54) is 0 Å². The van der Waals surface area contributed by atoms with Crippen LogP contribution in [0.1, 0.15) is 33.6 Å². The summed E-state index contributed by atoms with van der Waals surface area (Å²) in [5.74, 6) is 0.829. The molecule has 0 bridgehead atoms. The lowest BCUT2D eigenvalue weighted by Crippen LogP contribution is -2.50. The van der Waals surface area contributed by atoms with E-state index in [9.17, 15) is 4.79 Å². The number of ether oxygens (including phenoxy) is 2. The summed E-state index contributed by atoms with van der Waals surface area (Å²) in [7, 11) is 3.49. The van der Waals surface area contributed by atoms with Crippen LogP contribution in [0.5, 0.6) is 0 Å². The molecule has 160 valence electrons. The number of methoxy groups -OCH3 is 1. The highest BCUT2D eigenvalue weighted by molar-refractivity contribution is 14.0. The van der Waals surface area contributed by atoms with Gasteiger partial charge in [0.15, 0.2) is 5.96 Å². The first-order valence-electron chi connectivity index (χ1n) is 9.49. The van der Waals surface area contributed by atoms with Crippen molar-refractivity contribution in [3.63, 3.8) is 0 Å². The summed E-state index contributed by atoms with van der Waals surface area (Å²) in [6.45, 7) is 12.4. The van der Waals surface area contributed by atoms with E-state index in [0.717, 1.165) is 71.2 Å². The third-order valence-electron chi connectivity index (χ3n) is 4.01. The van der Waals surface area contributed by atoms with Gasteiger partial charge in [0.05, 0.1) is 0 Å². The van der Waals surface area contributed by atoms with Crippen molar-refractivity contribution in [2.24, 2.45) is 4.99 Å². The van der Waals surface area contributed by atoms with Gasteiger partial charge < -0.3 is 25.0 Å². The first-order chi connectivity index (χ1) is 12.4. The van der Waals surface area contributed by atoms with Crippen LogP contribution >= 0.6 is 24.0 Å². The van der Waals surface area contributed by atoms with E-state index in [2.05, 4.69) is 20.5 Å². The minimum absolute atomic E-state index is 0. The molecule has 0 aromatic rings. The number of guanidine groups is 1. The van der Waals surface area contributed by atoms with Crippen LogP contribution in [0, 0.1) is 0 Å². The molecule has 0 saturated carbocycles. The number of hydrogen-bond donors (Lipinski definition) is 2. The van der Waals surface area contributed by atoms with Crippen LogP contribution in [-0.2, 0) is 9.47 Å². The van der Waals surface area contributed by atoms with E-state index in [-0.39, 0.29) is 30.1 Å². The molecule has 9 heteroatoms. The van der Waals surface area contributed by atoms with E-state index >= 15 is 0 Å². The fourth-order valence-electron chi connectivity index (χ4n) is 2.63. The molecule has 1 amide bonds. The maximum atomic E-state index is 12.1. The minimum atomic E-state index is -0.434. The largest absolute Gasteiger partial charge is 0.444 e. The topological polar surface area (TPSA) is 78.4 Å². The molecule has 0 spiro atoms. The quantitative estimate of drug-likeness (QED) is 0.229. The highest BCUT2D eigenvalue weighted by Crippen LogP contribution is 2.11. The van der Waals surface area contributed by atoms with Crippen LogP contribution in [0.4, 0.5) is 4.79 Å². The van der Waals surface area contributed by atoms with Crippen LogP contribution in [0.2, 0.25) is 0 Å². The SMILES string of the molecule is CN=C(NCCCOC)NCCCN1CCN(C(=O)OC(C)(C)C)CC1.I. The zero-order chi connectivity index (χ0) is 19.4. The standard InChI is InChI=1S/C18H37N5O3.HI/c1-18(2,3)26-17(24)23-13-11-22(12-14-23)10-6-8-20-16(19-4)21-9-7-15-25-5;/h6-15H2,1-5H3,(H2,19,20,21);1H. The van der Waals surface area contributed by atoms with Gasteiger partial charge >= 0.3 is 6.09 Å². The fourth-order valence-corrected chi connectivity index (χ4v) is 2.63. The molecule has 8 nitrogen and oxygen atoms in total. The number of carbonyl (C=O) groups excluding carboxylic acids is 1. The summed E-state index contributed by atoms with van der Waals surface area (Å²) in [6, 6.07) is 0. The molecular weight excluding hydrogens is 461 g/mol. The molecule has 0 aromatic heterocycles. The number of piperazine rings is 1. The fraction of sp³-hybridized carbons (Fsp3) is 0.889. The van der Waals surface area contributed by atoms with Crippen molar-refractivity contribution in [3.8, 4) is 0 Å². The number of hydrogen-bond acceptors (Lipinski definition) is 5. The number of rotatable bonds is 8. The monoisotopic (exact) mass is 499 g/mol. The Morgan fingerprint density at radius 1 is 1.07 bits per heavy atom. The molecule has 1 rings (SSSR count). The second-order valence-electron chi connectivity index (χ2n) is 7.43. The van der Waals surface area contributed by atoms with Gasteiger partial charge in [-0.2, -0.15) is 0 Å². The van der Waals surface area contributed by atoms with Gasteiger partial charge in [-0.1, -0.05) is 0 Å². The summed E-state index contributed by atoms with van der Waals surface area (Å²) in [4.78, 5) is 20.5. The van der Waals surface area contributed by atoms with Crippen molar-refractivity contribution < 1.29 is 14.3 Å². The molecule has 0 radical (unpaired) electrons. The third-order valence-corrected chi connectivity index (χ3v) is 4.01. The normalized spacial score (nSPS) is 15.9. The highest BCUT2D eigenvalue weighted by atomic mass is 127. The number of carbonyl (C=O) groups is 1. The zero-order valence-electron chi connectivity index (χ0n) is 17.5. The lowest BCUT2D eigenvalue weighted by Gasteiger charge is -2.35. The molecule has 27 heavy (non-hydrogen) atoms. The number of nitrogens with one attached hydrogen (secondary N) is 2. The average Bonchev–Trinajstić information content (AvgIpc) is 2.59. The minimum Gasteiger partial charge on any atom is -0.444 e. The van der Waals surface area contributed by atoms with E-state index < -0.39 is 5.60 Å². The van der Waals surface area contributed by atoms with Gasteiger partial charge in [0, 0.05) is 60.0 Å². The Kier molecular flexibility index (Phi) is 13.8. The Labute approximate surface area is 181 Å². The van der Waals surface area contributed by atoms with Crippen molar-refractivity contribution in [1.82, 2.24) is 20.4 Å². The van der Waals surface area contributed by atoms with Crippen molar-refractivity contribution in [2.75, 3.05) is 66.6 Å². The maximum absolute atomic E-state index is 12.1. The van der Waals surface area contributed by atoms with Gasteiger partial charge in [0.2, 0.25) is 0 Å². The molecule has 1 saturated heterocycles.